The molecule has 76 valence electrons. The fourth-order valence-electron chi connectivity index (χ4n) is 2.15. The average Bonchev–Trinajstić information content (AvgIpc) is 2.62. The maximum absolute atomic E-state index is 2.40. The van der Waals surface area contributed by atoms with E-state index in [9.17, 15) is 0 Å². The molecule has 0 bridgehead atoms. The van der Waals surface area contributed by atoms with Crippen LogP contribution in [-0.2, 0) is 12.8 Å². The fraction of sp³-hybridized carbons (Fsp3) is 0.538. The van der Waals surface area contributed by atoms with Crippen LogP contribution in [0.5, 0.6) is 0 Å². The SMILES string of the molecule is CC(c1ccc2c(c1)CCC2)N(C)C. The number of rotatable bonds is 2. The summed E-state index contributed by atoms with van der Waals surface area (Å²) in [6, 6.07) is 7.53. The molecule has 0 amide bonds. The fourth-order valence-corrected chi connectivity index (χ4v) is 2.15. The van der Waals surface area contributed by atoms with Crippen molar-refractivity contribution in [2.24, 2.45) is 0 Å². The minimum atomic E-state index is 0.529. The van der Waals surface area contributed by atoms with Gasteiger partial charge in [0.1, 0.15) is 0 Å². The molecule has 0 saturated carbocycles. The van der Waals surface area contributed by atoms with Crippen LogP contribution in [0.25, 0.3) is 0 Å². The van der Waals surface area contributed by atoms with Crippen molar-refractivity contribution in [3.63, 3.8) is 0 Å². The average molecular weight is 189 g/mol. The number of hydrogen-bond acceptors (Lipinski definition) is 1. The molecule has 1 nitrogen and oxygen atoms in total. The Morgan fingerprint density at radius 1 is 1.14 bits per heavy atom. The highest BCUT2D eigenvalue weighted by Crippen LogP contribution is 2.26. The first kappa shape index (κ1) is 9.72. The van der Waals surface area contributed by atoms with Gasteiger partial charge in [0.05, 0.1) is 0 Å². The molecule has 0 spiro atoms. The Balaban J connectivity index is 2.28. The first-order valence-electron chi connectivity index (χ1n) is 5.46. The van der Waals surface area contributed by atoms with E-state index in [1.807, 2.05) is 0 Å². The standard InChI is InChI=1S/C13H19N/c1-10(14(2)3)12-8-7-11-5-4-6-13(11)9-12/h7-10H,4-6H2,1-3H3. The van der Waals surface area contributed by atoms with Crippen LogP contribution in [0.2, 0.25) is 0 Å². The van der Waals surface area contributed by atoms with Crippen molar-refractivity contribution in [2.45, 2.75) is 32.2 Å². The lowest BCUT2D eigenvalue weighted by atomic mass is 10.0. The highest BCUT2D eigenvalue weighted by molar-refractivity contribution is 5.36. The maximum Gasteiger partial charge on any atom is 0.0313 e. The highest BCUT2D eigenvalue weighted by Gasteiger charge is 2.13. The van der Waals surface area contributed by atoms with Crippen LogP contribution < -0.4 is 0 Å². The quantitative estimate of drug-likeness (QED) is 0.691. The Labute approximate surface area is 86.7 Å². The normalized spacial score (nSPS) is 17.1. The third kappa shape index (κ3) is 1.69. The predicted octanol–water partition coefficient (Wildman–Crippen LogP) is 2.80. The molecule has 0 heterocycles. The largest absolute Gasteiger partial charge is 0.303 e. The van der Waals surface area contributed by atoms with Gasteiger partial charge in [0, 0.05) is 6.04 Å². The Morgan fingerprint density at radius 2 is 1.86 bits per heavy atom. The maximum atomic E-state index is 2.40. The second kappa shape index (κ2) is 3.74. The van der Waals surface area contributed by atoms with Crippen molar-refractivity contribution in [1.82, 2.24) is 4.90 Å². The van der Waals surface area contributed by atoms with Crippen LogP contribution in [0, 0.1) is 0 Å². The van der Waals surface area contributed by atoms with Crippen LogP contribution in [-0.4, -0.2) is 19.0 Å². The Hall–Kier alpha value is -0.820. The molecule has 1 aromatic rings. The van der Waals surface area contributed by atoms with Gasteiger partial charge in [0.2, 0.25) is 0 Å². The van der Waals surface area contributed by atoms with E-state index in [0.29, 0.717) is 6.04 Å². The third-order valence-corrected chi connectivity index (χ3v) is 3.38. The Bertz CT molecular complexity index is 328. The molecule has 1 heteroatoms. The molecule has 1 atom stereocenters. The summed E-state index contributed by atoms with van der Waals surface area (Å²) >= 11 is 0. The molecule has 1 aromatic carbocycles. The monoisotopic (exact) mass is 189 g/mol. The molecule has 0 radical (unpaired) electrons. The zero-order chi connectivity index (χ0) is 10.1. The molecule has 1 aliphatic rings. The lowest BCUT2D eigenvalue weighted by molar-refractivity contribution is 0.321. The van der Waals surface area contributed by atoms with E-state index in [1.54, 1.807) is 11.1 Å². The van der Waals surface area contributed by atoms with E-state index in [-0.39, 0.29) is 0 Å². The first-order chi connectivity index (χ1) is 6.68. The van der Waals surface area contributed by atoms with Crippen molar-refractivity contribution in [2.75, 3.05) is 14.1 Å². The summed E-state index contributed by atoms with van der Waals surface area (Å²) in [5, 5.41) is 0. The van der Waals surface area contributed by atoms with E-state index in [1.165, 1.54) is 24.8 Å². The topological polar surface area (TPSA) is 3.24 Å². The summed E-state index contributed by atoms with van der Waals surface area (Å²) in [6.07, 6.45) is 3.91. The van der Waals surface area contributed by atoms with E-state index in [4.69, 9.17) is 0 Å². The number of benzene rings is 1. The van der Waals surface area contributed by atoms with Crippen LogP contribution in [0.15, 0.2) is 18.2 Å². The van der Waals surface area contributed by atoms with Crippen LogP contribution >= 0.6 is 0 Å². The molecule has 0 aromatic heterocycles. The summed E-state index contributed by atoms with van der Waals surface area (Å²) in [5.74, 6) is 0. The van der Waals surface area contributed by atoms with E-state index >= 15 is 0 Å². The van der Waals surface area contributed by atoms with Crippen molar-refractivity contribution in [3.05, 3.63) is 34.9 Å². The molecule has 0 aliphatic heterocycles. The second-order valence-corrected chi connectivity index (χ2v) is 4.52. The summed E-state index contributed by atoms with van der Waals surface area (Å²) < 4.78 is 0. The van der Waals surface area contributed by atoms with Crippen LogP contribution in [0.3, 0.4) is 0 Å². The Kier molecular flexibility index (Phi) is 2.60. The van der Waals surface area contributed by atoms with Gasteiger partial charge in [0.25, 0.3) is 0 Å². The van der Waals surface area contributed by atoms with Gasteiger partial charge in [-0.3, -0.25) is 0 Å². The van der Waals surface area contributed by atoms with E-state index < -0.39 is 0 Å². The lowest BCUT2D eigenvalue weighted by Gasteiger charge is -2.20. The van der Waals surface area contributed by atoms with Gasteiger partial charge in [-0.15, -0.1) is 0 Å². The van der Waals surface area contributed by atoms with Gasteiger partial charge in [-0.25, -0.2) is 0 Å². The zero-order valence-corrected chi connectivity index (χ0v) is 9.38. The van der Waals surface area contributed by atoms with Gasteiger partial charge in [-0.1, -0.05) is 18.2 Å². The van der Waals surface area contributed by atoms with Gasteiger partial charge >= 0.3 is 0 Å². The first-order valence-corrected chi connectivity index (χ1v) is 5.46. The molecule has 2 rings (SSSR count). The smallest absolute Gasteiger partial charge is 0.0313 e. The second-order valence-electron chi connectivity index (χ2n) is 4.52. The molecular formula is C13H19N. The summed E-state index contributed by atoms with van der Waals surface area (Å²) in [6.45, 7) is 2.26. The molecule has 0 N–H and O–H groups in total. The van der Waals surface area contributed by atoms with Gasteiger partial charge in [0.15, 0.2) is 0 Å². The van der Waals surface area contributed by atoms with Crippen LogP contribution in [0.1, 0.15) is 36.1 Å². The molecule has 0 fully saturated rings. The number of fused-ring (bicyclic) bond motifs is 1. The van der Waals surface area contributed by atoms with Crippen molar-refractivity contribution >= 4 is 0 Å². The Morgan fingerprint density at radius 3 is 2.57 bits per heavy atom. The lowest BCUT2D eigenvalue weighted by Crippen LogP contribution is -2.16. The molecule has 0 saturated heterocycles. The van der Waals surface area contributed by atoms with Crippen molar-refractivity contribution in [1.29, 1.82) is 0 Å². The molecule has 14 heavy (non-hydrogen) atoms. The van der Waals surface area contributed by atoms with E-state index in [0.717, 1.165) is 0 Å². The van der Waals surface area contributed by atoms with E-state index in [2.05, 4.69) is 44.1 Å². The minimum absolute atomic E-state index is 0.529. The minimum Gasteiger partial charge on any atom is -0.303 e. The van der Waals surface area contributed by atoms with Crippen molar-refractivity contribution < 1.29 is 0 Å². The zero-order valence-electron chi connectivity index (χ0n) is 9.38. The molecule has 1 aliphatic carbocycles. The van der Waals surface area contributed by atoms with Gasteiger partial charge in [-0.2, -0.15) is 0 Å². The highest BCUT2D eigenvalue weighted by atomic mass is 15.1. The van der Waals surface area contributed by atoms with Crippen molar-refractivity contribution in [3.8, 4) is 0 Å². The molecular weight excluding hydrogens is 170 g/mol. The van der Waals surface area contributed by atoms with Crippen LogP contribution in [0.4, 0.5) is 0 Å². The summed E-state index contributed by atoms with van der Waals surface area (Å²) in [4.78, 5) is 2.26. The predicted molar refractivity (Wildman–Crippen MR) is 60.6 cm³/mol. The van der Waals surface area contributed by atoms with Gasteiger partial charge < -0.3 is 4.90 Å². The number of aryl methyl sites for hydroxylation is 2. The molecule has 1 unspecified atom stereocenters. The third-order valence-electron chi connectivity index (χ3n) is 3.38. The summed E-state index contributed by atoms with van der Waals surface area (Å²) in [7, 11) is 4.27. The van der Waals surface area contributed by atoms with Gasteiger partial charge in [-0.05, 0) is 57.0 Å². The number of nitrogens with zero attached hydrogens (tertiary/aromatic N) is 1. The summed E-state index contributed by atoms with van der Waals surface area (Å²) in [5.41, 5.74) is 4.60. The number of hydrogen-bond donors (Lipinski definition) is 0.